The van der Waals surface area contributed by atoms with Crippen molar-refractivity contribution in [2.45, 2.75) is 18.9 Å². The van der Waals surface area contributed by atoms with E-state index >= 15 is 0 Å². The standard InChI is InChI=1S/C21H18N2O5/c24-18(22-11-19(25)26)12-23(17-10-9-13-5-1-2-6-14(13)17)20(27)15-7-3-4-8-16(15)21(23)28/h1-8,17H,9-12H2,(H-,22,24,25,26)/p+1. The molecular formula is C21H19N2O5+. The number of hydrogen-bond donors (Lipinski definition) is 2. The minimum absolute atomic E-state index is 0.308. The summed E-state index contributed by atoms with van der Waals surface area (Å²) in [5.74, 6) is -2.64. The molecular weight excluding hydrogens is 360 g/mol. The summed E-state index contributed by atoms with van der Waals surface area (Å²) >= 11 is 0. The minimum Gasteiger partial charge on any atom is -0.480 e. The molecule has 0 saturated heterocycles. The highest BCUT2D eigenvalue weighted by atomic mass is 16.4. The van der Waals surface area contributed by atoms with Gasteiger partial charge in [0.2, 0.25) is 0 Å². The zero-order valence-corrected chi connectivity index (χ0v) is 15.1. The van der Waals surface area contributed by atoms with E-state index in [2.05, 4.69) is 5.32 Å². The number of hydrogen-bond acceptors (Lipinski definition) is 4. The zero-order chi connectivity index (χ0) is 19.9. The number of quaternary nitrogens is 1. The Hall–Kier alpha value is -3.32. The maximum absolute atomic E-state index is 13.5. The first-order valence-corrected chi connectivity index (χ1v) is 9.08. The molecule has 1 heterocycles. The van der Waals surface area contributed by atoms with Crippen molar-refractivity contribution in [3.05, 3.63) is 70.8 Å². The van der Waals surface area contributed by atoms with E-state index in [0.717, 1.165) is 11.1 Å². The van der Waals surface area contributed by atoms with E-state index in [1.807, 2.05) is 24.3 Å². The Kier molecular flexibility index (Phi) is 4.31. The van der Waals surface area contributed by atoms with Gasteiger partial charge in [-0.1, -0.05) is 36.4 Å². The molecule has 4 rings (SSSR count). The van der Waals surface area contributed by atoms with Crippen molar-refractivity contribution in [2.24, 2.45) is 0 Å². The van der Waals surface area contributed by atoms with Gasteiger partial charge in [-0.25, -0.2) is 9.59 Å². The van der Waals surface area contributed by atoms with Gasteiger partial charge in [0.25, 0.3) is 5.91 Å². The quantitative estimate of drug-likeness (QED) is 0.608. The van der Waals surface area contributed by atoms with Crippen molar-refractivity contribution in [3.63, 3.8) is 0 Å². The predicted molar refractivity (Wildman–Crippen MR) is 98.4 cm³/mol. The highest BCUT2D eigenvalue weighted by molar-refractivity contribution is 6.14. The molecule has 2 aromatic rings. The smallest absolute Gasteiger partial charge is 0.355 e. The SMILES string of the molecule is O=C(O)CNC(=O)C[N+]1(C2CCc3ccccc32)C(=O)c2ccccc2C1=O. The second kappa shape index (κ2) is 6.69. The number of amides is 3. The van der Waals surface area contributed by atoms with Gasteiger partial charge >= 0.3 is 17.8 Å². The maximum Gasteiger partial charge on any atom is 0.355 e. The molecule has 3 amide bonds. The summed E-state index contributed by atoms with van der Waals surface area (Å²) in [6, 6.07) is 13.7. The van der Waals surface area contributed by atoms with E-state index < -0.39 is 47.3 Å². The number of aryl methyl sites for hydroxylation is 1. The maximum atomic E-state index is 13.5. The van der Waals surface area contributed by atoms with Gasteiger partial charge in [0, 0.05) is 12.0 Å². The van der Waals surface area contributed by atoms with Crippen molar-refractivity contribution in [1.29, 1.82) is 0 Å². The van der Waals surface area contributed by atoms with E-state index in [4.69, 9.17) is 5.11 Å². The number of rotatable bonds is 5. The van der Waals surface area contributed by atoms with Crippen molar-refractivity contribution in [1.82, 2.24) is 5.32 Å². The molecule has 0 saturated carbocycles. The Balaban J connectivity index is 1.80. The van der Waals surface area contributed by atoms with Crippen LogP contribution < -0.4 is 5.32 Å². The number of imide groups is 1. The van der Waals surface area contributed by atoms with Gasteiger partial charge in [0.05, 0.1) is 11.1 Å². The van der Waals surface area contributed by atoms with Crippen LogP contribution in [-0.4, -0.2) is 46.4 Å². The summed E-state index contributed by atoms with van der Waals surface area (Å²) in [4.78, 5) is 50.2. The van der Waals surface area contributed by atoms with Gasteiger partial charge in [-0.2, -0.15) is 4.48 Å². The van der Waals surface area contributed by atoms with Crippen LogP contribution in [0.5, 0.6) is 0 Å². The number of carboxylic acid groups (broad SMARTS) is 1. The van der Waals surface area contributed by atoms with E-state index in [-0.39, 0.29) is 0 Å². The second-order valence-electron chi connectivity index (χ2n) is 7.11. The fourth-order valence-electron chi connectivity index (χ4n) is 4.36. The summed E-state index contributed by atoms with van der Waals surface area (Å²) in [7, 11) is 0. The third-order valence-corrected chi connectivity index (χ3v) is 5.58. The van der Waals surface area contributed by atoms with Crippen LogP contribution in [0.25, 0.3) is 0 Å². The van der Waals surface area contributed by atoms with Crippen LogP contribution in [-0.2, 0) is 16.0 Å². The molecule has 2 aromatic carbocycles. The summed E-state index contributed by atoms with van der Waals surface area (Å²) in [5.41, 5.74) is 2.57. The number of benzene rings is 2. The topological polar surface area (TPSA) is 101 Å². The fraction of sp³-hybridized carbons (Fsp3) is 0.238. The molecule has 0 radical (unpaired) electrons. The molecule has 0 bridgehead atoms. The van der Waals surface area contributed by atoms with Crippen LogP contribution in [0.3, 0.4) is 0 Å². The molecule has 1 unspecified atom stereocenters. The third kappa shape index (κ3) is 2.63. The lowest BCUT2D eigenvalue weighted by molar-refractivity contribution is -0.789. The van der Waals surface area contributed by atoms with Gasteiger partial charge in [-0.3, -0.25) is 9.59 Å². The lowest BCUT2D eigenvalue weighted by Gasteiger charge is -2.34. The van der Waals surface area contributed by atoms with Gasteiger partial charge in [0.15, 0.2) is 6.54 Å². The van der Waals surface area contributed by atoms with Crippen LogP contribution >= 0.6 is 0 Å². The van der Waals surface area contributed by atoms with Crippen molar-refractivity contribution in [2.75, 3.05) is 13.1 Å². The average Bonchev–Trinajstić information content (AvgIpc) is 3.21. The molecule has 1 aliphatic carbocycles. The Morgan fingerprint density at radius 2 is 1.61 bits per heavy atom. The third-order valence-electron chi connectivity index (χ3n) is 5.58. The number of carbonyl (C=O) groups excluding carboxylic acids is 3. The molecule has 2 N–H and O–H groups in total. The summed E-state index contributed by atoms with van der Waals surface area (Å²) in [6.45, 7) is -0.978. The number of carbonyl (C=O) groups is 4. The van der Waals surface area contributed by atoms with Crippen LogP contribution in [0.1, 0.15) is 44.3 Å². The lowest BCUT2D eigenvalue weighted by Crippen LogP contribution is -2.59. The van der Waals surface area contributed by atoms with Crippen molar-refractivity contribution < 1.29 is 28.8 Å². The van der Waals surface area contributed by atoms with E-state index in [9.17, 15) is 19.2 Å². The molecule has 7 heteroatoms. The molecule has 2 aliphatic rings. The number of carboxylic acids is 1. The second-order valence-corrected chi connectivity index (χ2v) is 7.11. The van der Waals surface area contributed by atoms with Gasteiger partial charge in [-0.15, -0.1) is 0 Å². The fourth-order valence-corrected chi connectivity index (χ4v) is 4.36. The molecule has 0 spiro atoms. The van der Waals surface area contributed by atoms with Crippen LogP contribution in [0.15, 0.2) is 48.5 Å². The van der Waals surface area contributed by atoms with Crippen LogP contribution in [0.4, 0.5) is 0 Å². The molecule has 7 nitrogen and oxygen atoms in total. The number of nitrogens with one attached hydrogen (secondary N) is 1. The van der Waals surface area contributed by atoms with E-state index in [1.165, 1.54) is 0 Å². The predicted octanol–water partition coefficient (Wildman–Crippen LogP) is 1.69. The van der Waals surface area contributed by atoms with Crippen molar-refractivity contribution >= 4 is 23.7 Å². The number of aliphatic carboxylic acids is 1. The molecule has 142 valence electrons. The Labute approximate surface area is 161 Å². The lowest BCUT2D eigenvalue weighted by atomic mass is 10.0. The summed E-state index contributed by atoms with van der Waals surface area (Å²) in [6.07, 6.45) is 1.28. The highest BCUT2D eigenvalue weighted by Gasteiger charge is 2.60. The molecule has 1 aliphatic heterocycles. The van der Waals surface area contributed by atoms with Crippen molar-refractivity contribution in [3.8, 4) is 0 Å². The first-order chi connectivity index (χ1) is 13.4. The van der Waals surface area contributed by atoms with Crippen LogP contribution in [0, 0.1) is 0 Å². The Morgan fingerprint density at radius 1 is 1.00 bits per heavy atom. The highest BCUT2D eigenvalue weighted by Crippen LogP contribution is 2.45. The summed E-state index contributed by atoms with van der Waals surface area (Å²) in [5, 5.41) is 11.1. The first-order valence-electron chi connectivity index (χ1n) is 9.08. The molecule has 28 heavy (non-hydrogen) atoms. The molecule has 0 fully saturated rings. The minimum atomic E-state index is -1.19. The molecule has 0 aromatic heterocycles. The molecule has 1 atom stereocenters. The Morgan fingerprint density at radius 3 is 2.25 bits per heavy atom. The van der Waals surface area contributed by atoms with Gasteiger partial charge < -0.3 is 10.4 Å². The normalized spacial score (nSPS) is 19.2. The number of fused-ring (bicyclic) bond motifs is 2. The number of nitrogens with zero attached hydrogens (tertiary/aromatic N) is 1. The zero-order valence-electron chi connectivity index (χ0n) is 15.1. The average molecular weight is 379 g/mol. The van der Waals surface area contributed by atoms with Gasteiger partial charge in [-0.05, 0) is 24.1 Å². The first kappa shape index (κ1) is 18.1. The Bertz CT molecular complexity index is 978. The van der Waals surface area contributed by atoms with E-state index in [0.29, 0.717) is 24.0 Å². The monoisotopic (exact) mass is 379 g/mol. The largest absolute Gasteiger partial charge is 0.480 e. The summed E-state index contributed by atoms with van der Waals surface area (Å²) < 4.78 is -0.651. The van der Waals surface area contributed by atoms with Crippen LogP contribution in [0.2, 0.25) is 0 Å². The van der Waals surface area contributed by atoms with E-state index in [1.54, 1.807) is 24.3 Å². The van der Waals surface area contributed by atoms with Gasteiger partial charge in [0.1, 0.15) is 12.6 Å².